The summed E-state index contributed by atoms with van der Waals surface area (Å²) in [5, 5.41) is 3.29. The van der Waals surface area contributed by atoms with Crippen LogP contribution in [0.5, 0.6) is 5.88 Å². The van der Waals surface area contributed by atoms with E-state index >= 15 is 0 Å². The van der Waals surface area contributed by atoms with Gasteiger partial charge >= 0.3 is 6.18 Å². The number of ether oxygens (including phenoxy) is 3. The van der Waals surface area contributed by atoms with Crippen LogP contribution in [0.3, 0.4) is 0 Å². The van der Waals surface area contributed by atoms with E-state index in [1.807, 2.05) is 6.92 Å². The van der Waals surface area contributed by atoms with Crippen LogP contribution < -0.4 is 10.1 Å². The number of pyridine rings is 1. The zero-order chi connectivity index (χ0) is 21.8. The Balaban J connectivity index is 1.83. The summed E-state index contributed by atoms with van der Waals surface area (Å²) in [5.41, 5.74) is 0.793. The first-order valence-corrected chi connectivity index (χ1v) is 10.2. The highest BCUT2D eigenvalue weighted by molar-refractivity contribution is 5.80. The molecule has 0 aromatic carbocycles. The van der Waals surface area contributed by atoms with Crippen molar-refractivity contribution in [1.82, 2.24) is 15.2 Å². The van der Waals surface area contributed by atoms with Crippen molar-refractivity contribution in [2.45, 2.75) is 45.0 Å². The van der Waals surface area contributed by atoms with Crippen molar-refractivity contribution >= 4 is 5.96 Å². The maximum Gasteiger partial charge on any atom is 0.422 e. The van der Waals surface area contributed by atoms with Crippen LogP contribution in [-0.4, -0.2) is 74.7 Å². The maximum atomic E-state index is 12.2. The fourth-order valence-corrected chi connectivity index (χ4v) is 3.03. The highest BCUT2D eigenvalue weighted by Gasteiger charge is 2.28. The molecule has 1 aliphatic heterocycles. The maximum absolute atomic E-state index is 12.2. The van der Waals surface area contributed by atoms with Crippen LogP contribution in [0.2, 0.25) is 0 Å². The lowest BCUT2D eigenvalue weighted by molar-refractivity contribution is -0.154. The van der Waals surface area contributed by atoms with Crippen LogP contribution in [0, 0.1) is 0 Å². The highest BCUT2D eigenvalue weighted by atomic mass is 19.4. The second-order valence-electron chi connectivity index (χ2n) is 6.98. The summed E-state index contributed by atoms with van der Waals surface area (Å²) in [7, 11) is 1.69. The minimum Gasteiger partial charge on any atom is -0.468 e. The standard InChI is InChI=1S/C20H31F3N4O3/c1-3-24-19(27-9-7-17(8-10-27)29-12-4-11-28-2)26-14-16-5-6-18(25-13-16)30-15-20(21,22)23/h5-6,13,17H,3-4,7-12,14-15H2,1-2H3,(H,24,26). The first-order chi connectivity index (χ1) is 14.4. The molecule has 0 aliphatic carbocycles. The Labute approximate surface area is 175 Å². The number of rotatable bonds is 10. The molecule has 0 atom stereocenters. The van der Waals surface area contributed by atoms with Crippen LogP contribution in [-0.2, 0) is 16.0 Å². The molecule has 1 fully saturated rings. The third-order valence-electron chi connectivity index (χ3n) is 4.52. The molecule has 0 unspecified atom stereocenters. The molecule has 1 saturated heterocycles. The molecule has 30 heavy (non-hydrogen) atoms. The third kappa shape index (κ3) is 9.17. The molecule has 0 saturated carbocycles. The molecule has 170 valence electrons. The van der Waals surface area contributed by atoms with Gasteiger partial charge in [-0.15, -0.1) is 0 Å². The molecule has 0 amide bonds. The van der Waals surface area contributed by atoms with E-state index in [-0.39, 0.29) is 12.0 Å². The number of nitrogens with one attached hydrogen (secondary N) is 1. The monoisotopic (exact) mass is 432 g/mol. The van der Waals surface area contributed by atoms with Gasteiger partial charge in [-0.05, 0) is 31.7 Å². The number of methoxy groups -OCH3 is 1. The zero-order valence-electron chi connectivity index (χ0n) is 17.6. The fourth-order valence-electron chi connectivity index (χ4n) is 3.03. The first-order valence-electron chi connectivity index (χ1n) is 10.2. The van der Waals surface area contributed by atoms with Gasteiger partial charge in [0.2, 0.25) is 5.88 Å². The van der Waals surface area contributed by atoms with Crippen molar-refractivity contribution in [2.75, 3.05) is 46.6 Å². The quantitative estimate of drug-likeness (QED) is 0.348. The van der Waals surface area contributed by atoms with Gasteiger partial charge in [0.25, 0.3) is 0 Å². The van der Waals surface area contributed by atoms with Gasteiger partial charge < -0.3 is 24.4 Å². The van der Waals surface area contributed by atoms with Crippen molar-refractivity contribution in [3.8, 4) is 5.88 Å². The summed E-state index contributed by atoms with van der Waals surface area (Å²) < 4.78 is 52.2. The second kappa shape index (κ2) is 12.6. The zero-order valence-corrected chi connectivity index (χ0v) is 17.6. The predicted molar refractivity (Wildman–Crippen MR) is 108 cm³/mol. The molecule has 2 heterocycles. The Morgan fingerprint density at radius 3 is 2.63 bits per heavy atom. The van der Waals surface area contributed by atoms with E-state index < -0.39 is 12.8 Å². The lowest BCUT2D eigenvalue weighted by atomic mass is 10.1. The summed E-state index contributed by atoms with van der Waals surface area (Å²) in [4.78, 5) is 10.8. The van der Waals surface area contributed by atoms with Gasteiger partial charge in [-0.1, -0.05) is 6.07 Å². The minimum atomic E-state index is -4.38. The van der Waals surface area contributed by atoms with E-state index in [0.717, 1.165) is 50.4 Å². The number of nitrogens with zero attached hydrogens (tertiary/aromatic N) is 3. The van der Waals surface area contributed by atoms with Crippen molar-refractivity contribution in [1.29, 1.82) is 0 Å². The molecule has 1 aromatic heterocycles. The van der Waals surface area contributed by atoms with Gasteiger partial charge in [0.1, 0.15) is 0 Å². The Bertz CT molecular complexity index is 633. The molecule has 2 rings (SSSR count). The topological polar surface area (TPSA) is 68.2 Å². The summed E-state index contributed by atoms with van der Waals surface area (Å²) in [6, 6.07) is 3.10. The second-order valence-corrected chi connectivity index (χ2v) is 6.98. The van der Waals surface area contributed by atoms with Gasteiger partial charge in [-0.3, -0.25) is 0 Å². The number of hydrogen-bond donors (Lipinski definition) is 1. The number of halogens is 3. The minimum absolute atomic E-state index is 0.0560. The van der Waals surface area contributed by atoms with E-state index in [1.54, 1.807) is 13.2 Å². The van der Waals surface area contributed by atoms with Gasteiger partial charge in [0, 0.05) is 52.2 Å². The van der Waals surface area contributed by atoms with E-state index in [1.165, 1.54) is 12.3 Å². The lowest BCUT2D eigenvalue weighted by Crippen LogP contribution is -2.47. The van der Waals surface area contributed by atoms with E-state index in [2.05, 4.69) is 24.9 Å². The number of piperidine rings is 1. The Kier molecular flexibility index (Phi) is 10.2. The van der Waals surface area contributed by atoms with Crippen molar-refractivity contribution < 1.29 is 27.4 Å². The van der Waals surface area contributed by atoms with Crippen LogP contribution in [0.15, 0.2) is 23.3 Å². The van der Waals surface area contributed by atoms with Crippen molar-refractivity contribution in [3.05, 3.63) is 23.9 Å². The van der Waals surface area contributed by atoms with E-state index in [4.69, 9.17) is 9.47 Å². The molecule has 7 nitrogen and oxygen atoms in total. The summed E-state index contributed by atoms with van der Waals surface area (Å²) >= 11 is 0. The van der Waals surface area contributed by atoms with Crippen LogP contribution in [0.4, 0.5) is 13.2 Å². The van der Waals surface area contributed by atoms with Crippen LogP contribution in [0.25, 0.3) is 0 Å². The largest absolute Gasteiger partial charge is 0.468 e. The molecule has 1 aliphatic rings. The lowest BCUT2D eigenvalue weighted by Gasteiger charge is -2.34. The van der Waals surface area contributed by atoms with Crippen molar-refractivity contribution in [3.63, 3.8) is 0 Å². The SMILES string of the molecule is CCNC(=NCc1ccc(OCC(F)(F)F)nc1)N1CCC(OCCCOC)CC1. The summed E-state index contributed by atoms with van der Waals surface area (Å²) in [5.74, 6) is 0.757. The van der Waals surface area contributed by atoms with Gasteiger partial charge in [0.15, 0.2) is 12.6 Å². The number of alkyl halides is 3. The number of aromatic nitrogens is 1. The molecule has 0 spiro atoms. The molecule has 0 radical (unpaired) electrons. The first kappa shape index (κ1) is 24.2. The predicted octanol–water partition coefficient (Wildman–Crippen LogP) is 3.01. The smallest absolute Gasteiger partial charge is 0.422 e. The van der Waals surface area contributed by atoms with Crippen molar-refractivity contribution in [2.24, 2.45) is 4.99 Å². The molecule has 1 N–H and O–H groups in total. The summed E-state index contributed by atoms with van der Waals surface area (Å²) in [6.45, 7) is 4.90. The van der Waals surface area contributed by atoms with Gasteiger partial charge in [-0.25, -0.2) is 9.98 Å². The highest BCUT2D eigenvalue weighted by Crippen LogP contribution is 2.18. The molecule has 10 heteroatoms. The van der Waals surface area contributed by atoms with Crippen LogP contribution >= 0.6 is 0 Å². The van der Waals surface area contributed by atoms with Gasteiger partial charge in [-0.2, -0.15) is 13.2 Å². The number of likely N-dealkylation sites (tertiary alicyclic amines) is 1. The Morgan fingerprint density at radius 1 is 1.27 bits per heavy atom. The number of aliphatic imine (C=N–C) groups is 1. The third-order valence-corrected chi connectivity index (χ3v) is 4.52. The summed E-state index contributed by atoms with van der Waals surface area (Å²) in [6.07, 6.45) is 0.130. The molecule has 1 aromatic rings. The van der Waals surface area contributed by atoms with E-state index in [9.17, 15) is 13.2 Å². The molecular weight excluding hydrogens is 401 g/mol. The number of guanidine groups is 1. The average molecular weight is 432 g/mol. The fraction of sp³-hybridized carbons (Fsp3) is 0.700. The normalized spacial score (nSPS) is 16.0. The van der Waals surface area contributed by atoms with Crippen LogP contribution in [0.1, 0.15) is 31.7 Å². The van der Waals surface area contributed by atoms with E-state index in [0.29, 0.717) is 19.8 Å². The van der Waals surface area contributed by atoms with Gasteiger partial charge in [0.05, 0.1) is 12.6 Å². The Hall–Kier alpha value is -2.07. The molecular formula is C20H31F3N4O3. The Morgan fingerprint density at radius 2 is 2.03 bits per heavy atom. The average Bonchev–Trinajstić information content (AvgIpc) is 2.73. The molecule has 0 bridgehead atoms. The number of hydrogen-bond acceptors (Lipinski definition) is 5.